The first kappa shape index (κ1) is 10.4. The molecule has 1 atom stereocenters. The van der Waals surface area contributed by atoms with E-state index >= 15 is 0 Å². The molecule has 0 aliphatic heterocycles. The van der Waals surface area contributed by atoms with Crippen molar-refractivity contribution in [3.8, 4) is 0 Å². The van der Waals surface area contributed by atoms with Crippen LogP contribution in [-0.2, 0) is 14.3 Å². The Labute approximate surface area is 66.9 Å². The van der Waals surface area contributed by atoms with Gasteiger partial charge in [0.05, 0.1) is 0 Å². The Bertz CT molecular complexity index is 116. The van der Waals surface area contributed by atoms with Crippen LogP contribution in [0.3, 0.4) is 0 Å². The van der Waals surface area contributed by atoms with Gasteiger partial charge in [-0.3, -0.25) is 10.1 Å². The van der Waals surface area contributed by atoms with Gasteiger partial charge in [0.25, 0.3) is 0 Å². The van der Waals surface area contributed by atoms with Crippen molar-refractivity contribution in [2.45, 2.75) is 20.1 Å². The fourth-order valence-corrected chi connectivity index (χ4v) is 0.609. The zero-order chi connectivity index (χ0) is 8.69. The molecule has 4 heteroatoms. The molecule has 0 saturated carbocycles. The maximum Gasteiger partial charge on any atom is 0.302 e. The molecule has 0 spiro atoms. The van der Waals surface area contributed by atoms with Crippen LogP contribution in [0.4, 0.5) is 0 Å². The number of hydrogen-bond acceptors (Lipinski definition) is 4. The predicted molar refractivity (Wildman–Crippen MR) is 41.1 cm³/mol. The average molecular weight is 161 g/mol. The quantitative estimate of drug-likeness (QED) is 0.460. The molecule has 0 bridgehead atoms. The van der Waals surface area contributed by atoms with E-state index < -0.39 is 0 Å². The minimum Gasteiger partial charge on any atom is -0.462 e. The van der Waals surface area contributed by atoms with E-state index in [1.165, 1.54) is 6.92 Å². The molecule has 0 aromatic rings. The first-order chi connectivity index (χ1) is 5.20. The van der Waals surface area contributed by atoms with Gasteiger partial charge in [0.15, 0.2) is 0 Å². The maximum atomic E-state index is 10.4. The Morgan fingerprint density at radius 1 is 1.64 bits per heavy atom. The van der Waals surface area contributed by atoms with Crippen LogP contribution >= 0.6 is 0 Å². The molecular weight excluding hydrogens is 146 g/mol. The Morgan fingerprint density at radius 3 is 2.64 bits per heavy atom. The molecular formula is C7H15NO3. The second-order valence-corrected chi connectivity index (χ2v) is 2.04. The molecule has 0 aromatic heterocycles. The van der Waals surface area contributed by atoms with E-state index in [1.807, 2.05) is 6.92 Å². The molecule has 0 amide bonds. The zero-order valence-corrected chi connectivity index (χ0v) is 7.22. The van der Waals surface area contributed by atoms with Crippen LogP contribution in [0.15, 0.2) is 0 Å². The van der Waals surface area contributed by atoms with Crippen LogP contribution in [0.2, 0.25) is 0 Å². The highest BCUT2D eigenvalue weighted by Crippen LogP contribution is 1.88. The van der Waals surface area contributed by atoms with Gasteiger partial charge in [0, 0.05) is 13.5 Å². The van der Waals surface area contributed by atoms with E-state index in [9.17, 15) is 4.79 Å². The van der Waals surface area contributed by atoms with Gasteiger partial charge in [-0.15, -0.1) is 0 Å². The van der Waals surface area contributed by atoms with E-state index in [2.05, 4.69) is 5.32 Å². The topological polar surface area (TPSA) is 47.6 Å². The van der Waals surface area contributed by atoms with Crippen molar-refractivity contribution >= 4 is 5.97 Å². The van der Waals surface area contributed by atoms with Crippen molar-refractivity contribution in [3.63, 3.8) is 0 Å². The number of rotatable bonds is 5. The third kappa shape index (κ3) is 5.82. The Kier molecular flexibility index (Phi) is 5.78. The van der Waals surface area contributed by atoms with E-state index in [0.29, 0.717) is 6.61 Å². The molecule has 0 heterocycles. The molecule has 11 heavy (non-hydrogen) atoms. The minimum atomic E-state index is -0.287. The third-order valence-electron chi connectivity index (χ3n) is 1.13. The number of carbonyl (C=O) groups is 1. The van der Waals surface area contributed by atoms with Crippen LogP contribution in [0, 0.1) is 0 Å². The lowest BCUT2D eigenvalue weighted by Gasteiger charge is -2.14. The van der Waals surface area contributed by atoms with Crippen molar-refractivity contribution in [2.75, 3.05) is 20.3 Å². The van der Waals surface area contributed by atoms with Crippen molar-refractivity contribution in [3.05, 3.63) is 0 Å². The normalized spacial score (nSPS) is 12.6. The Balaban J connectivity index is 3.43. The summed E-state index contributed by atoms with van der Waals surface area (Å²) < 4.78 is 9.87. The van der Waals surface area contributed by atoms with Gasteiger partial charge >= 0.3 is 5.97 Å². The van der Waals surface area contributed by atoms with Gasteiger partial charge in [-0.25, -0.2) is 0 Å². The Hall–Kier alpha value is -0.610. The van der Waals surface area contributed by atoms with Crippen molar-refractivity contribution in [2.24, 2.45) is 0 Å². The molecule has 0 aliphatic carbocycles. The second kappa shape index (κ2) is 6.12. The summed E-state index contributed by atoms with van der Waals surface area (Å²) >= 11 is 0. The first-order valence-corrected chi connectivity index (χ1v) is 3.63. The van der Waals surface area contributed by atoms with E-state index in [1.54, 1.807) is 7.05 Å². The summed E-state index contributed by atoms with van der Waals surface area (Å²) in [6.45, 7) is 4.13. The predicted octanol–water partition coefficient (Wildman–Crippen LogP) is 0.132. The van der Waals surface area contributed by atoms with Gasteiger partial charge in [-0.1, -0.05) is 0 Å². The van der Waals surface area contributed by atoms with Crippen LogP contribution in [-0.4, -0.2) is 32.5 Å². The summed E-state index contributed by atoms with van der Waals surface area (Å²) in [6.07, 6.45) is -0.191. The minimum absolute atomic E-state index is 0.191. The number of hydrogen-bond donors (Lipinski definition) is 1. The number of ether oxygens (including phenoxy) is 2. The van der Waals surface area contributed by atoms with Crippen molar-refractivity contribution < 1.29 is 14.3 Å². The van der Waals surface area contributed by atoms with Crippen LogP contribution < -0.4 is 5.32 Å². The average Bonchev–Trinajstić information content (AvgIpc) is 1.97. The van der Waals surface area contributed by atoms with Gasteiger partial charge < -0.3 is 9.47 Å². The summed E-state index contributed by atoms with van der Waals surface area (Å²) in [5, 5.41) is 2.86. The van der Waals surface area contributed by atoms with E-state index in [0.717, 1.165) is 0 Å². The summed E-state index contributed by atoms with van der Waals surface area (Å²) in [5.74, 6) is -0.287. The second-order valence-electron chi connectivity index (χ2n) is 2.04. The van der Waals surface area contributed by atoms with Crippen LogP contribution in [0.1, 0.15) is 13.8 Å². The van der Waals surface area contributed by atoms with Gasteiger partial charge in [-0.05, 0) is 14.0 Å². The third-order valence-corrected chi connectivity index (χ3v) is 1.13. The number of esters is 1. The van der Waals surface area contributed by atoms with Crippen LogP contribution in [0.5, 0.6) is 0 Å². The summed E-state index contributed by atoms with van der Waals surface area (Å²) in [4.78, 5) is 10.4. The van der Waals surface area contributed by atoms with Gasteiger partial charge in [0.2, 0.25) is 0 Å². The summed E-state index contributed by atoms with van der Waals surface area (Å²) in [7, 11) is 1.75. The molecule has 4 nitrogen and oxygen atoms in total. The van der Waals surface area contributed by atoms with E-state index in [4.69, 9.17) is 9.47 Å². The number of nitrogens with one attached hydrogen (secondary N) is 1. The molecule has 0 fully saturated rings. The van der Waals surface area contributed by atoms with Gasteiger partial charge in [-0.2, -0.15) is 0 Å². The summed E-state index contributed by atoms with van der Waals surface area (Å²) in [6, 6.07) is 0. The SMILES string of the molecule is CCOC(COC(C)=O)NC. The standard InChI is InChI=1S/C7H15NO3/c1-4-10-7(8-3)5-11-6(2)9/h7-8H,4-5H2,1-3H3. The van der Waals surface area contributed by atoms with E-state index in [-0.39, 0.29) is 18.8 Å². The first-order valence-electron chi connectivity index (χ1n) is 3.63. The largest absolute Gasteiger partial charge is 0.462 e. The highest BCUT2D eigenvalue weighted by molar-refractivity contribution is 5.65. The molecule has 66 valence electrons. The molecule has 0 radical (unpaired) electrons. The lowest BCUT2D eigenvalue weighted by molar-refractivity contribution is -0.145. The molecule has 0 rings (SSSR count). The van der Waals surface area contributed by atoms with Gasteiger partial charge in [0.1, 0.15) is 12.8 Å². The fraction of sp³-hybridized carbons (Fsp3) is 0.857. The number of likely N-dealkylation sites (N-methyl/N-ethyl adjacent to an activating group) is 1. The fourth-order valence-electron chi connectivity index (χ4n) is 0.609. The molecule has 0 saturated heterocycles. The molecule has 0 aliphatic rings. The van der Waals surface area contributed by atoms with Crippen molar-refractivity contribution in [1.29, 1.82) is 0 Å². The lowest BCUT2D eigenvalue weighted by atomic mass is 10.6. The molecule has 1 unspecified atom stereocenters. The Morgan fingerprint density at radius 2 is 2.27 bits per heavy atom. The lowest BCUT2D eigenvalue weighted by Crippen LogP contribution is -2.33. The zero-order valence-electron chi connectivity index (χ0n) is 7.22. The van der Waals surface area contributed by atoms with Crippen molar-refractivity contribution in [1.82, 2.24) is 5.32 Å². The van der Waals surface area contributed by atoms with Crippen LogP contribution in [0.25, 0.3) is 0 Å². The molecule has 1 N–H and O–H groups in total. The molecule has 0 aromatic carbocycles. The highest BCUT2D eigenvalue weighted by Gasteiger charge is 2.05. The number of carbonyl (C=O) groups excluding carboxylic acids is 1. The smallest absolute Gasteiger partial charge is 0.302 e. The summed E-state index contributed by atoms with van der Waals surface area (Å²) in [5.41, 5.74) is 0. The monoisotopic (exact) mass is 161 g/mol. The highest BCUT2D eigenvalue weighted by atomic mass is 16.6. The maximum absolute atomic E-state index is 10.4.